The van der Waals surface area contributed by atoms with Crippen LogP contribution in [-0.2, 0) is 6.42 Å². The third kappa shape index (κ3) is 1.60. The van der Waals surface area contributed by atoms with E-state index in [2.05, 4.69) is 36.4 Å². The molecule has 0 fully saturated rings. The highest BCUT2D eigenvalue weighted by atomic mass is 16.3. The largest absolute Gasteiger partial charge is 0.459 e. The monoisotopic (exact) mass is 249 g/mol. The normalized spacial score (nSPS) is 18.9. The van der Waals surface area contributed by atoms with E-state index >= 15 is 0 Å². The van der Waals surface area contributed by atoms with Crippen molar-refractivity contribution >= 4 is 11.0 Å². The summed E-state index contributed by atoms with van der Waals surface area (Å²) in [5, 5.41) is 1.13. The minimum atomic E-state index is -0.0534. The van der Waals surface area contributed by atoms with Gasteiger partial charge in [0.2, 0.25) is 0 Å². The van der Waals surface area contributed by atoms with E-state index in [0.29, 0.717) is 5.92 Å². The molecular weight excluding hydrogens is 234 g/mol. The Morgan fingerprint density at radius 3 is 2.68 bits per heavy atom. The van der Waals surface area contributed by atoms with Gasteiger partial charge in [-0.1, -0.05) is 42.5 Å². The van der Waals surface area contributed by atoms with E-state index in [1.54, 1.807) is 0 Å². The van der Waals surface area contributed by atoms with Crippen molar-refractivity contribution in [1.82, 2.24) is 0 Å². The van der Waals surface area contributed by atoms with E-state index < -0.39 is 0 Å². The zero-order valence-corrected chi connectivity index (χ0v) is 10.5. The predicted molar refractivity (Wildman–Crippen MR) is 76.0 cm³/mol. The number of hydrogen-bond donors (Lipinski definition) is 1. The summed E-state index contributed by atoms with van der Waals surface area (Å²) in [4.78, 5) is 0. The van der Waals surface area contributed by atoms with Crippen LogP contribution in [0.5, 0.6) is 0 Å². The maximum Gasteiger partial charge on any atom is 0.134 e. The van der Waals surface area contributed by atoms with E-state index in [0.717, 1.165) is 23.2 Å². The molecule has 94 valence electrons. The SMILES string of the molecule is NC(c1cc2ccccc2o1)C1Cc2ccccc21. The van der Waals surface area contributed by atoms with Crippen LogP contribution >= 0.6 is 0 Å². The summed E-state index contributed by atoms with van der Waals surface area (Å²) >= 11 is 0. The standard InChI is InChI=1S/C17H15NO/c18-17(14-9-11-5-1-3-7-13(11)14)16-10-12-6-2-4-8-15(12)19-16/h1-8,10,14,17H,9,18H2. The quantitative estimate of drug-likeness (QED) is 0.750. The van der Waals surface area contributed by atoms with Gasteiger partial charge in [0.1, 0.15) is 11.3 Å². The molecule has 3 aromatic rings. The molecule has 1 aromatic heterocycles. The van der Waals surface area contributed by atoms with Crippen LogP contribution in [0.1, 0.15) is 28.8 Å². The summed E-state index contributed by atoms with van der Waals surface area (Å²) in [7, 11) is 0. The van der Waals surface area contributed by atoms with Gasteiger partial charge in [-0.05, 0) is 29.7 Å². The molecule has 2 unspecified atom stereocenters. The summed E-state index contributed by atoms with van der Waals surface area (Å²) in [6, 6.07) is 18.6. The van der Waals surface area contributed by atoms with Gasteiger partial charge in [0.05, 0.1) is 6.04 Å². The average molecular weight is 249 g/mol. The highest BCUT2D eigenvalue weighted by Crippen LogP contribution is 2.43. The number of para-hydroxylation sites is 1. The van der Waals surface area contributed by atoms with Gasteiger partial charge in [-0.15, -0.1) is 0 Å². The second kappa shape index (κ2) is 3.97. The highest BCUT2D eigenvalue weighted by molar-refractivity contribution is 5.77. The molecule has 0 radical (unpaired) electrons. The number of rotatable bonds is 2. The maximum atomic E-state index is 6.39. The molecular formula is C17H15NO. The third-order valence-electron chi connectivity index (χ3n) is 4.10. The Hall–Kier alpha value is -2.06. The Morgan fingerprint density at radius 1 is 1.05 bits per heavy atom. The zero-order chi connectivity index (χ0) is 12.8. The lowest BCUT2D eigenvalue weighted by atomic mass is 9.73. The molecule has 0 amide bonds. The molecule has 2 N–H and O–H groups in total. The molecule has 2 aromatic carbocycles. The number of hydrogen-bond acceptors (Lipinski definition) is 2. The van der Waals surface area contributed by atoms with Gasteiger partial charge in [-0.2, -0.15) is 0 Å². The van der Waals surface area contributed by atoms with E-state index in [1.165, 1.54) is 11.1 Å². The van der Waals surface area contributed by atoms with E-state index in [1.807, 2.05) is 18.2 Å². The zero-order valence-electron chi connectivity index (χ0n) is 10.5. The fourth-order valence-electron chi connectivity index (χ4n) is 2.98. The molecule has 2 nitrogen and oxygen atoms in total. The minimum absolute atomic E-state index is 0.0534. The second-order valence-electron chi connectivity index (χ2n) is 5.22. The first-order valence-corrected chi connectivity index (χ1v) is 6.65. The van der Waals surface area contributed by atoms with Crippen LogP contribution in [0.15, 0.2) is 59.0 Å². The summed E-state index contributed by atoms with van der Waals surface area (Å²) in [5.74, 6) is 1.28. The molecule has 1 aliphatic rings. The molecule has 1 aliphatic carbocycles. The van der Waals surface area contributed by atoms with Crippen molar-refractivity contribution < 1.29 is 4.42 Å². The van der Waals surface area contributed by atoms with Crippen LogP contribution in [0.25, 0.3) is 11.0 Å². The number of furan rings is 1. The average Bonchev–Trinajstić information content (AvgIpc) is 2.84. The fourth-order valence-corrected chi connectivity index (χ4v) is 2.98. The molecule has 2 atom stereocenters. The van der Waals surface area contributed by atoms with E-state index in [9.17, 15) is 0 Å². The van der Waals surface area contributed by atoms with Gasteiger partial charge in [-0.25, -0.2) is 0 Å². The van der Waals surface area contributed by atoms with Crippen molar-refractivity contribution in [2.45, 2.75) is 18.4 Å². The smallest absolute Gasteiger partial charge is 0.134 e. The van der Waals surface area contributed by atoms with Crippen molar-refractivity contribution in [1.29, 1.82) is 0 Å². The lowest BCUT2D eigenvalue weighted by Crippen LogP contribution is -2.28. The van der Waals surface area contributed by atoms with Gasteiger partial charge < -0.3 is 10.2 Å². The van der Waals surface area contributed by atoms with Crippen molar-refractivity contribution in [3.8, 4) is 0 Å². The lowest BCUT2D eigenvalue weighted by molar-refractivity contribution is 0.417. The van der Waals surface area contributed by atoms with Crippen molar-refractivity contribution in [3.05, 3.63) is 71.5 Å². The first kappa shape index (κ1) is 10.8. The molecule has 0 saturated heterocycles. The van der Waals surface area contributed by atoms with Gasteiger partial charge in [0.25, 0.3) is 0 Å². The van der Waals surface area contributed by atoms with Crippen molar-refractivity contribution in [3.63, 3.8) is 0 Å². The summed E-state index contributed by atoms with van der Waals surface area (Å²) < 4.78 is 5.88. The van der Waals surface area contributed by atoms with Gasteiger partial charge >= 0.3 is 0 Å². The molecule has 1 heterocycles. The van der Waals surface area contributed by atoms with E-state index in [4.69, 9.17) is 10.2 Å². The Labute approximate surface area is 111 Å². The highest BCUT2D eigenvalue weighted by Gasteiger charge is 2.33. The summed E-state index contributed by atoms with van der Waals surface area (Å²) in [6.07, 6.45) is 1.05. The predicted octanol–water partition coefficient (Wildman–Crippen LogP) is 3.77. The third-order valence-corrected chi connectivity index (χ3v) is 4.10. The Kier molecular flexibility index (Phi) is 2.26. The molecule has 0 bridgehead atoms. The van der Waals surface area contributed by atoms with Crippen molar-refractivity contribution in [2.24, 2.45) is 5.73 Å². The van der Waals surface area contributed by atoms with Crippen LogP contribution in [0.2, 0.25) is 0 Å². The van der Waals surface area contributed by atoms with Crippen LogP contribution in [0.3, 0.4) is 0 Å². The lowest BCUT2D eigenvalue weighted by Gasteiger charge is -2.33. The molecule has 0 saturated carbocycles. The van der Waals surface area contributed by atoms with Gasteiger partial charge in [0, 0.05) is 11.3 Å². The molecule has 4 rings (SSSR count). The van der Waals surface area contributed by atoms with Crippen LogP contribution in [-0.4, -0.2) is 0 Å². The Balaban J connectivity index is 1.70. The van der Waals surface area contributed by atoms with Crippen LogP contribution in [0, 0.1) is 0 Å². The number of benzene rings is 2. The molecule has 2 heteroatoms. The van der Waals surface area contributed by atoms with Crippen LogP contribution < -0.4 is 5.73 Å². The van der Waals surface area contributed by atoms with Gasteiger partial charge in [0.15, 0.2) is 0 Å². The number of nitrogens with two attached hydrogens (primary N) is 1. The molecule has 0 spiro atoms. The van der Waals surface area contributed by atoms with Crippen LogP contribution in [0.4, 0.5) is 0 Å². The summed E-state index contributed by atoms with van der Waals surface area (Å²) in [6.45, 7) is 0. The fraction of sp³-hybridized carbons (Fsp3) is 0.176. The summed E-state index contributed by atoms with van der Waals surface area (Å²) in [5.41, 5.74) is 10.1. The first-order chi connectivity index (χ1) is 9.33. The molecule has 0 aliphatic heterocycles. The number of fused-ring (bicyclic) bond motifs is 2. The second-order valence-corrected chi connectivity index (χ2v) is 5.22. The van der Waals surface area contributed by atoms with Crippen molar-refractivity contribution in [2.75, 3.05) is 0 Å². The first-order valence-electron chi connectivity index (χ1n) is 6.65. The topological polar surface area (TPSA) is 39.2 Å². The molecule has 19 heavy (non-hydrogen) atoms. The van der Waals surface area contributed by atoms with E-state index in [-0.39, 0.29) is 6.04 Å². The van der Waals surface area contributed by atoms with Gasteiger partial charge in [-0.3, -0.25) is 0 Å². The minimum Gasteiger partial charge on any atom is -0.459 e. The maximum absolute atomic E-state index is 6.39. The Bertz CT molecular complexity index is 711. The Morgan fingerprint density at radius 2 is 1.84 bits per heavy atom.